The second kappa shape index (κ2) is 7.96. The van der Waals surface area contributed by atoms with Gasteiger partial charge in [0.15, 0.2) is 12.4 Å². The number of nitrogens with one attached hydrogen (secondary N) is 2. The normalized spacial score (nSPS) is 24.7. The van der Waals surface area contributed by atoms with Gasteiger partial charge in [-0.15, -0.1) is 0 Å². The number of aromatic nitrogens is 1. The monoisotopic (exact) mass is 449 g/mol. The van der Waals surface area contributed by atoms with Crippen molar-refractivity contribution in [3.8, 4) is 5.75 Å². The molecule has 1 aromatic carbocycles. The molecule has 0 unspecified atom stereocenters. The number of ether oxygens (including phenoxy) is 1. The topological polar surface area (TPSA) is 111 Å². The number of benzene rings is 1. The van der Waals surface area contributed by atoms with Gasteiger partial charge in [-0.3, -0.25) is 14.4 Å². The van der Waals surface area contributed by atoms with E-state index < -0.39 is 28.7 Å². The van der Waals surface area contributed by atoms with Crippen molar-refractivity contribution in [2.75, 3.05) is 6.61 Å². The maximum absolute atomic E-state index is 13.5. The molecule has 164 valence electrons. The van der Waals surface area contributed by atoms with Crippen LogP contribution in [0.25, 0.3) is 0 Å². The molecule has 2 amide bonds. The zero-order chi connectivity index (χ0) is 22.2. The van der Waals surface area contributed by atoms with Crippen LogP contribution in [0.5, 0.6) is 5.75 Å². The summed E-state index contributed by atoms with van der Waals surface area (Å²) >= 11 is 5.63. The molecule has 3 saturated carbocycles. The van der Waals surface area contributed by atoms with Crippen molar-refractivity contribution in [1.29, 1.82) is 0 Å². The highest BCUT2D eigenvalue weighted by Crippen LogP contribution is 2.45. The van der Waals surface area contributed by atoms with Gasteiger partial charge in [0.25, 0.3) is 11.8 Å². The predicted molar refractivity (Wildman–Crippen MR) is 107 cm³/mol. The molecule has 0 aliphatic heterocycles. The van der Waals surface area contributed by atoms with E-state index in [2.05, 4.69) is 15.8 Å². The van der Waals surface area contributed by atoms with Gasteiger partial charge in [0.1, 0.15) is 11.6 Å². The largest absolute Gasteiger partial charge is 0.484 e. The number of fused-ring (bicyclic) bond motifs is 3. The molecule has 2 bridgehead atoms. The third-order valence-electron chi connectivity index (χ3n) is 5.96. The first-order valence-corrected chi connectivity index (χ1v) is 10.3. The lowest BCUT2D eigenvalue weighted by Gasteiger charge is -2.52. The molecule has 0 radical (unpaired) electrons. The molecule has 0 spiro atoms. The van der Waals surface area contributed by atoms with Crippen molar-refractivity contribution in [3.63, 3.8) is 0 Å². The Morgan fingerprint density at radius 1 is 1.23 bits per heavy atom. The number of carbonyl (C=O) groups is 3. The van der Waals surface area contributed by atoms with Gasteiger partial charge >= 0.3 is 0 Å². The number of nitrogens with zero attached hydrogens (tertiary/aromatic N) is 1. The van der Waals surface area contributed by atoms with Gasteiger partial charge < -0.3 is 19.9 Å². The summed E-state index contributed by atoms with van der Waals surface area (Å²) in [5.74, 6) is -1.39. The Balaban J connectivity index is 1.35. The third-order valence-corrected chi connectivity index (χ3v) is 6.27. The summed E-state index contributed by atoms with van der Waals surface area (Å²) in [5.41, 5.74) is -1.03. The first-order chi connectivity index (χ1) is 14.7. The lowest BCUT2D eigenvalue weighted by atomic mass is 9.60. The van der Waals surface area contributed by atoms with Gasteiger partial charge in [0, 0.05) is 24.1 Å². The molecule has 3 aliphatic carbocycles. The van der Waals surface area contributed by atoms with Crippen molar-refractivity contribution >= 4 is 29.2 Å². The molecule has 0 saturated heterocycles. The maximum atomic E-state index is 13.5. The molecule has 3 fully saturated rings. The van der Waals surface area contributed by atoms with E-state index in [1.807, 2.05) is 0 Å². The van der Waals surface area contributed by atoms with E-state index in [4.69, 9.17) is 20.9 Å². The van der Waals surface area contributed by atoms with Crippen LogP contribution < -0.4 is 15.4 Å². The summed E-state index contributed by atoms with van der Waals surface area (Å²) < 4.78 is 23.8. The number of hydrogen-bond acceptors (Lipinski definition) is 6. The van der Waals surface area contributed by atoms with Crippen LogP contribution in [-0.4, -0.2) is 40.4 Å². The first kappa shape index (κ1) is 21.3. The number of halogens is 2. The molecule has 8 nitrogen and oxygen atoms in total. The van der Waals surface area contributed by atoms with Crippen LogP contribution in [0, 0.1) is 12.7 Å². The minimum atomic E-state index is -0.971. The fourth-order valence-corrected chi connectivity index (χ4v) is 4.36. The second-order valence-electron chi connectivity index (χ2n) is 8.16. The number of rotatable bonds is 6. The van der Waals surface area contributed by atoms with Gasteiger partial charge in [-0.25, -0.2) is 4.39 Å². The molecule has 10 heteroatoms. The summed E-state index contributed by atoms with van der Waals surface area (Å²) in [6.45, 7) is 1.36. The highest BCUT2D eigenvalue weighted by molar-refractivity contribution is 6.30. The molecular formula is C21H21ClFN3O5. The Morgan fingerprint density at radius 2 is 1.97 bits per heavy atom. The highest BCUT2D eigenvalue weighted by Gasteiger charge is 2.55. The fourth-order valence-electron chi connectivity index (χ4n) is 4.24. The SMILES string of the molecule is Cc1cc(C(=O)NC23CCC(NC(=O)COc4ccc(Cl)c(F)c4)(CC2)C(=O)C3)on1. The predicted octanol–water partition coefficient (Wildman–Crippen LogP) is 2.72. The van der Waals surface area contributed by atoms with Gasteiger partial charge in [0.2, 0.25) is 5.76 Å². The summed E-state index contributed by atoms with van der Waals surface area (Å²) in [6.07, 6.45) is 2.02. The summed E-state index contributed by atoms with van der Waals surface area (Å²) in [7, 11) is 0. The number of amides is 2. The number of carbonyl (C=O) groups excluding carboxylic acids is 3. The maximum Gasteiger partial charge on any atom is 0.290 e. The zero-order valence-electron chi connectivity index (χ0n) is 16.8. The number of ketones is 1. The van der Waals surface area contributed by atoms with Crippen molar-refractivity contribution in [2.24, 2.45) is 0 Å². The first-order valence-electron chi connectivity index (χ1n) is 9.88. The molecule has 1 heterocycles. The molecule has 5 rings (SSSR count). The van der Waals surface area contributed by atoms with E-state index in [1.165, 1.54) is 18.2 Å². The number of aryl methyl sites for hydroxylation is 1. The van der Waals surface area contributed by atoms with Crippen LogP contribution >= 0.6 is 11.6 Å². The Hall–Kier alpha value is -2.94. The molecular weight excluding hydrogens is 429 g/mol. The van der Waals surface area contributed by atoms with E-state index >= 15 is 0 Å². The summed E-state index contributed by atoms with van der Waals surface area (Å²) in [4.78, 5) is 37.8. The average Bonchev–Trinajstić information content (AvgIpc) is 3.17. The highest BCUT2D eigenvalue weighted by atomic mass is 35.5. The quantitative estimate of drug-likeness (QED) is 0.701. The van der Waals surface area contributed by atoms with Gasteiger partial charge in [-0.2, -0.15) is 0 Å². The van der Waals surface area contributed by atoms with E-state index in [-0.39, 0.29) is 35.3 Å². The van der Waals surface area contributed by atoms with E-state index in [0.29, 0.717) is 31.4 Å². The van der Waals surface area contributed by atoms with Crippen molar-refractivity contribution in [3.05, 3.63) is 46.6 Å². The van der Waals surface area contributed by atoms with Crippen molar-refractivity contribution in [1.82, 2.24) is 15.8 Å². The van der Waals surface area contributed by atoms with Crippen LogP contribution in [0.4, 0.5) is 4.39 Å². The molecule has 0 atom stereocenters. The van der Waals surface area contributed by atoms with Gasteiger partial charge in [-0.05, 0) is 44.7 Å². The second-order valence-corrected chi connectivity index (χ2v) is 8.57. The third kappa shape index (κ3) is 4.27. The minimum absolute atomic E-state index is 0.0419. The molecule has 1 aromatic heterocycles. The van der Waals surface area contributed by atoms with Crippen molar-refractivity contribution < 1.29 is 28.0 Å². The lowest BCUT2D eigenvalue weighted by Crippen LogP contribution is -2.68. The fraction of sp³-hybridized carbons (Fsp3) is 0.429. The Labute approximate surface area is 182 Å². The zero-order valence-corrected chi connectivity index (χ0v) is 17.6. The van der Waals surface area contributed by atoms with E-state index in [0.717, 1.165) is 6.07 Å². The number of hydrogen-bond donors (Lipinski definition) is 2. The van der Waals surface area contributed by atoms with Crippen LogP contribution in [0.15, 0.2) is 28.8 Å². The molecule has 2 N–H and O–H groups in total. The van der Waals surface area contributed by atoms with Crippen LogP contribution in [0.2, 0.25) is 5.02 Å². The van der Waals surface area contributed by atoms with E-state index in [9.17, 15) is 18.8 Å². The minimum Gasteiger partial charge on any atom is -0.484 e. The molecule has 31 heavy (non-hydrogen) atoms. The number of Topliss-reactive ketones (excluding diaryl/α,β-unsaturated/α-hetero) is 1. The Bertz CT molecular complexity index is 1050. The van der Waals surface area contributed by atoms with E-state index in [1.54, 1.807) is 6.92 Å². The smallest absolute Gasteiger partial charge is 0.290 e. The lowest BCUT2D eigenvalue weighted by molar-refractivity contribution is -0.140. The summed E-state index contributed by atoms with van der Waals surface area (Å²) in [6, 6.07) is 5.42. The van der Waals surface area contributed by atoms with Crippen LogP contribution in [0.1, 0.15) is 48.4 Å². The Kier molecular flexibility index (Phi) is 5.47. The molecule has 2 aromatic rings. The van der Waals surface area contributed by atoms with Crippen molar-refractivity contribution in [2.45, 2.75) is 50.1 Å². The van der Waals surface area contributed by atoms with Gasteiger partial charge in [-0.1, -0.05) is 16.8 Å². The summed E-state index contributed by atoms with van der Waals surface area (Å²) in [5, 5.41) is 9.39. The Morgan fingerprint density at radius 3 is 2.58 bits per heavy atom. The average molecular weight is 450 g/mol. The van der Waals surface area contributed by atoms with Crippen LogP contribution in [-0.2, 0) is 9.59 Å². The van der Waals surface area contributed by atoms with Crippen LogP contribution in [0.3, 0.4) is 0 Å². The standard InChI is InChI=1S/C21H21ClFN3O5/c1-12-8-16(31-26-12)19(29)25-20-4-6-21(7-5-20,17(27)10-20)24-18(28)11-30-13-2-3-14(22)15(23)9-13/h2-3,8-9H,4-7,10-11H2,1H3,(H,24,28)(H,25,29). The molecule has 3 aliphatic rings. The van der Waals surface area contributed by atoms with Gasteiger partial charge in [0.05, 0.1) is 16.3 Å².